The Morgan fingerprint density at radius 3 is 2.42 bits per heavy atom. The Morgan fingerprint density at radius 1 is 1.32 bits per heavy atom. The maximum Gasteiger partial charge on any atom is 0.307 e. The van der Waals surface area contributed by atoms with E-state index >= 15 is 0 Å². The minimum atomic E-state index is -0.957. The molecule has 1 aliphatic carbocycles. The quantitative estimate of drug-likeness (QED) is 0.882. The average Bonchev–Trinajstić information content (AvgIpc) is 2.86. The van der Waals surface area contributed by atoms with Crippen molar-refractivity contribution in [2.24, 2.45) is 17.3 Å². The topological polar surface area (TPSA) is 66.4 Å². The van der Waals surface area contributed by atoms with Gasteiger partial charge in [0.25, 0.3) is 0 Å². The summed E-state index contributed by atoms with van der Waals surface area (Å²) in [6.07, 6.45) is 0. The summed E-state index contributed by atoms with van der Waals surface area (Å²) in [5.41, 5.74) is 0.584. The number of rotatable bonds is 3. The molecule has 0 unspecified atom stereocenters. The molecule has 0 bridgehead atoms. The number of halogens is 1. The smallest absolute Gasteiger partial charge is 0.307 e. The molecule has 1 aromatic carbocycles. The highest BCUT2D eigenvalue weighted by molar-refractivity contribution is 6.00. The highest BCUT2D eigenvalue weighted by atomic mass is 19.1. The first-order valence-corrected chi connectivity index (χ1v) is 6.05. The number of carbonyl (C=O) groups is 2. The van der Waals surface area contributed by atoms with E-state index in [0.717, 1.165) is 0 Å². The first-order chi connectivity index (χ1) is 8.75. The van der Waals surface area contributed by atoms with Crippen molar-refractivity contribution in [3.8, 4) is 0 Å². The second-order valence-corrected chi connectivity index (χ2v) is 5.56. The minimum absolute atomic E-state index is 0.327. The number of benzene rings is 1. The molecule has 1 fully saturated rings. The molecule has 1 amide bonds. The van der Waals surface area contributed by atoms with Crippen LogP contribution in [0.4, 0.5) is 10.1 Å². The number of hydrogen-bond donors (Lipinski definition) is 2. The fraction of sp³-hybridized carbons (Fsp3) is 0.429. The van der Waals surface area contributed by atoms with Gasteiger partial charge in [0.2, 0.25) is 5.91 Å². The fourth-order valence-corrected chi connectivity index (χ4v) is 2.57. The van der Waals surface area contributed by atoms with Gasteiger partial charge in [-0.25, -0.2) is 4.39 Å². The van der Waals surface area contributed by atoms with Crippen LogP contribution in [0.5, 0.6) is 0 Å². The largest absolute Gasteiger partial charge is 0.481 e. The Bertz CT molecular complexity index is 554. The Hall–Kier alpha value is -1.91. The Kier molecular flexibility index (Phi) is 3.08. The van der Waals surface area contributed by atoms with Crippen LogP contribution < -0.4 is 5.32 Å². The number of carboxylic acids is 1. The maximum absolute atomic E-state index is 13.0. The SMILES string of the molecule is Cc1cc(F)ccc1NC(=O)[C@@H]1[C@H](C(=O)O)C1(C)C. The van der Waals surface area contributed by atoms with Crippen molar-refractivity contribution < 1.29 is 19.1 Å². The predicted octanol–water partition coefficient (Wildman–Crippen LogP) is 2.43. The summed E-state index contributed by atoms with van der Waals surface area (Å²) in [6.45, 7) is 5.20. The zero-order valence-corrected chi connectivity index (χ0v) is 11.0. The van der Waals surface area contributed by atoms with Crippen LogP contribution in [0.2, 0.25) is 0 Å². The molecule has 2 rings (SSSR count). The maximum atomic E-state index is 13.0. The number of anilines is 1. The summed E-state index contributed by atoms with van der Waals surface area (Å²) < 4.78 is 13.0. The van der Waals surface area contributed by atoms with Crippen LogP contribution in [0.25, 0.3) is 0 Å². The number of carboxylic acid groups (broad SMARTS) is 1. The van der Waals surface area contributed by atoms with E-state index in [4.69, 9.17) is 5.11 Å². The van der Waals surface area contributed by atoms with Crippen LogP contribution >= 0.6 is 0 Å². The predicted molar refractivity (Wildman–Crippen MR) is 68.2 cm³/mol. The van der Waals surface area contributed by atoms with Crippen molar-refractivity contribution in [2.45, 2.75) is 20.8 Å². The lowest BCUT2D eigenvalue weighted by Gasteiger charge is -2.09. The van der Waals surface area contributed by atoms with Gasteiger partial charge in [0.15, 0.2) is 0 Å². The lowest BCUT2D eigenvalue weighted by Crippen LogP contribution is -2.18. The summed E-state index contributed by atoms with van der Waals surface area (Å²) in [5, 5.41) is 11.7. The molecular formula is C14H16FNO3. The Labute approximate surface area is 110 Å². The molecule has 5 heteroatoms. The normalized spacial score (nSPS) is 23.8. The van der Waals surface area contributed by atoms with E-state index in [1.54, 1.807) is 20.8 Å². The van der Waals surface area contributed by atoms with Gasteiger partial charge in [-0.15, -0.1) is 0 Å². The molecule has 0 aliphatic heterocycles. The second kappa shape index (κ2) is 4.33. The molecule has 2 N–H and O–H groups in total. The van der Waals surface area contributed by atoms with E-state index in [9.17, 15) is 14.0 Å². The van der Waals surface area contributed by atoms with E-state index < -0.39 is 23.2 Å². The number of amides is 1. The summed E-state index contributed by atoms with van der Waals surface area (Å²) >= 11 is 0. The lowest BCUT2D eigenvalue weighted by molar-refractivity contribution is -0.140. The van der Waals surface area contributed by atoms with Crippen molar-refractivity contribution in [1.82, 2.24) is 0 Å². The number of aryl methyl sites for hydroxylation is 1. The summed E-state index contributed by atoms with van der Waals surface area (Å²) in [4.78, 5) is 23.1. The Balaban J connectivity index is 2.13. The van der Waals surface area contributed by atoms with Gasteiger partial charge < -0.3 is 10.4 Å². The summed E-state index contributed by atoms with van der Waals surface area (Å²) in [6, 6.07) is 4.06. The van der Waals surface area contributed by atoms with Gasteiger partial charge in [0.05, 0.1) is 11.8 Å². The van der Waals surface area contributed by atoms with E-state index in [1.165, 1.54) is 18.2 Å². The van der Waals surface area contributed by atoms with Crippen LogP contribution in [-0.4, -0.2) is 17.0 Å². The molecule has 0 saturated heterocycles. The number of hydrogen-bond acceptors (Lipinski definition) is 2. The van der Waals surface area contributed by atoms with E-state index in [0.29, 0.717) is 11.3 Å². The van der Waals surface area contributed by atoms with Crippen LogP contribution in [0.15, 0.2) is 18.2 Å². The van der Waals surface area contributed by atoms with Crippen LogP contribution in [0.1, 0.15) is 19.4 Å². The monoisotopic (exact) mass is 265 g/mol. The summed E-state index contributed by atoms with van der Waals surface area (Å²) in [5.74, 6) is -2.86. The fourth-order valence-electron chi connectivity index (χ4n) is 2.57. The molecule has 1 saturated carbocycles. The standard InChI is InChI=1S/C14H16FNO3/c1-7-6-8(15)4-5-9(7)16-12(17)10-11(13(18)19)14(10,2)3/h4-6,10-11H,1-3H3,(H,16,17)(H,18,19)/t10-,11+/m0/s1. The molecule has 0 aromatic heterocycles. The molecular weight excluding hydrogens is 249 g/mol. The zero-order valence-electron chi connectivity index (χ0n) is 11.0. The van der Waals surface area contributed by atoms with Crippen molar-refractivity contribution in [3.63, 3.8) is 0 Å². The molecule has 0 spiro atoms. The third kappa shape index (κ3) is 2.32. The van der Waals surface area contributed by atoms with Crippen molar-refractivity contribution in [2.75, 3.05) is 5.32 Å². The molecule has 102 valence electrons. The van der Waals surface area contributed by atoms with Crippen molar-refractivity contribution in [3.05, 3.63) is 29.6 Å². The van der Waals surface area contributed by atoms with Crippen molar-refractivity contribution in [1.29, 1.82) is 0 Å². The number of aliphatic carboxylic acids is 1. The number of nitrogens with one attached hydrogen (secondary N) is 1. The molecule has 1 aliphatic rings. The van der Waals surface area contributed by atoms with Crippen LogP contribution in [0.3, 0.4) is 0 Å². The highest BCUT2D eigenvalue weighted by Crippen LogP contribution is 2.58. The van der Waals surface area contributed by atoms with E-state index in [2.05, 4.69) is 5.32 Å². The Morgan fingerprint density at radius 2 is 1.95 bits per heavy atom. The van der Waals surface area contributed by atoms with Crippen molar-refractivity contribution >= 4 is 17.6 Å². The van der Waals surface area contributed by atoms with Gasteiger partial charge in [-0.05, 0) is 36.1 Å². The lowest BCUT2D eigenvalue weighted by atomic mass is 10.1. The van der Waals surface area contributed by atoms with Crippen LogP contribution in [0, 0.1) is 30.0 Å². The number of carbonyl (C=O) groups excluding carboxylic acids is 1. The molecule has 2 atom stereocenters. The van der Waals surface area contributed by atoms with Gasteiger partial charge in [-0.1, -0.05) is 13.8 Å². The van der Waals surface area contributed by atoms with Gasteiger partial charge >= 0.3 is 5.97 Å². The summed E-state index contributed by atoms with van der Waals surface area (Å²) in [7, 11) is 0. The molecule has 4 nitrogen and oxygen atoms in total. The first kappa shape index (κ1) is 13.5. The van der Waals surface area contributed by atoms with E-state index in [-0.39, 0.29) is 11.7 Å². The minimum Gasteiger partial charge on any atom is -0.481 e. The third-order valence-electron chi connectivity index (χ3n) is 3.82. The average molecular weight is 265 g/mol. The zero-order chi connectivity index (χ0) is 14.4. The molecule has 0 radical (unpaired) electrons. The van der Waals surface area contributed by atoms with E-state index in [1.807, 2.05) is 0 Å². The first-order valence-electron chi connectivity index (χ1n) is 6.05. The highest BCUT2D eigenvalue weighted by Gasteiger charge is 2.65. The molecule has 1 aromatic rings. The molecule has 0 heterocycles. The van der Waals surface area contributed by atoms with Gasteiger partial charge in [-0.3, -0.25) is 9.59 Å². The third-order valence-corrected chi connectivity index (χ3v) is 3.82. The van der Waals surface area contributed by atoms with Gasteiger partial charge in [-0.2, -0.15) is 0 Å². The second-order valence-electron chi connectivity index (χ2n) is 5.56. The van der Waals surface area contributed by atoms with Crippen LogP contribution in [-0.2, 0) is 9.59 Å². The van der Waals surface area contributed by atoms with Gasteiger partial charge in [0.1, 0.15) is 5.82 Å². The van der Waals surface area contributed by atoms with Gasteiger partial charge in [0, 0.05) is 5.69 Å². The molecule has 19 heavy (non-hydrogen) atoms.